The highest BCUT2D eigenvalue weighted by molar-refractivity contribution is 5.97. The molecule has 284 valence electrons. The number of unbranched alkanes of at least 4 members (excludes halogenated alkanes) is 5. The summed E-state index contributed by atoms with van der Waals surface area (Å²) in [7, 11) is 0. The zero-order valence-electron chi connectivity index (χ0n) is 31.9. The van der Waals surface area contributed by atoms with Crippen molar-refractivity contribution >= 4 is 11.9 Å². The third kappa shape index (κ3) is 12.2. The Bertz CT molecular complexity index is 1350. The van der Waals surface area contributed by atoms with Crippen LogP contribution in [0.3, 0.4) is 0 Å². The molecule has 2 saturated heterocycles. The maximum absolute atomic E-state index is 13.8. The van der Waals surface area contributed by atoms with Crippen molar-refractivity contribution < 1.29 is 19.1 Å². The van der Waals surface area contributed by atoms with Crippen LogP contribution in [0.2, 0.25) is 0 Å². The predicted octanol–water partition coefficient (Wildman–Crippen LogP) is 5.02. The quantitative estimate of drug-likeness (QED) is 0.157. The fourth-order valence-electron chi connectivity index (χ4n) is 7.62. The lowest BCUT2D eigenvalue weighted by Gasteiger charge is -2.35. The Morgan fingerprint density at radius 2 is 1.12 bits per heavy atom. The van der Waals surface area contributed by atoms with E-state index < -0.39 is 0 Å². The van der Waals surface area contributed by atoms with Crippen molar-refractivity contribution in [2.45, 2.75) is 78.8 Å². The second kappa shape index (κ2) is 21.2. The lowest BCUT2D eigenvalue weighted by molar-refractivity contribution is -0.141. The van der Waals surface area contributed by atoms with E-state index in [1.165, 1.54) is 30.4 Å². The molecule has 2 aromatic heterocycles. The van der Waals surface area contributed by atoms with E-state index in [9.17, 15) is 9.59 Å². The van der Waals surface area contributed by atoms with E-state index in [1.54, 1.807) is 12.4 Å². The smallest absolute Gasteiger partial charge is 0.336 e. The van der Waals surface area contributed by atoms with Gasteiger partial charge >= 0.3 is 11.9 Å². The molecule has 2 aromatic rings. The van der Waals surface area contributed by atoms with E-state index in [4.69, 9.17) is 9.47 Å². The van der Waals surface area contributed by atoms with Crippen LogP contribution in [0.25, 0.3) is 0 Å². The van der Waals surface area contributed by atoms with Gasteiger partial charge in [0.05, 0.1) is 11.1 Å². The second-order valence-corrected chi connectivity index (χ2v) is 14.5. The lowest BCUT2D eigenvalue weighted by Crippen LogP contribution is -2.47. The van der Waals surface area contributed by atoms with Crippen LogP contribution in [0.5, 0.6) is 0 Å². The van der Waals surface area contributed by atoms with Gasteiger partial charge in [0, 0.05) is 121 Å². The maximum Gasteiger partial charge on any atom is 0.336 e. The van der Waals surface area contributed by atoms with Crippen LogP contribution >= 0.6 is 0 Å². The van der Waals surface area contributed by atoms with Gasteiger partial charge in [-0.25, -0.2) is 9.59 Å². The molecular weight excluding hydrogens is 654 g/mol. The highest BCUT2D eigenvalue weighted by Gasteiger charge is 2.36. The summed E-state index contributed by atoms with van der Waals surface area (Å²) < 4.78 is 11.9. The van der Waals surface area contributed by atoms with Crippen molar-refractivity contribution in [3.8, 4) is 0 Å². The number of dihydropyridines is 1. The molecule has 0 aromatic carbocycles. The van der Waals surface area contributed by atoms with Gasteiger partial charge in [-0.1, -0.05) is 57.6 Å². The van der Waals surface area contributed by atoms with Gasteiger partial charge in [-0.15, -0.1) is 0 Å². The number of piperazine rings is 2. The van der Waals surface area contributed by atoms with E-state index in [2.05, 4.69) is 53.9 Å². The van der Waals surface area contributed by atoms with Gasteiger partial charge in [0.25, 0.3) is 0 Å². The van der Waals surface area contributed by atoms with E-state index in [0.717, 1.165) is 103 Å². The molecule has 0 spiro atoms. The number of hydrogen-bond acceptors (Lipinski definition) is 11. The number of ether oxygens (including phenoxy) is 2. The van der Waals surface area contributed by atoms with Crippen molar-refractivity contribution in [2.24, 2.45) is 5.92 Å². The monoisotopic (exact) mass is 715 g/mol. The van der Waals surface area contributed by atoms with Crippen LogP contribution in [-0.2, 0) is 32.2 Å². The third-order valence-corrected chi connectivity index (χ3v) is 10.6. The van der Waals surface area contributed by atoms with Crippen LogP contribution in [0.4, 0.5) is 0 Å². The Labute approximate surface area is 311 Å². The Hall–Kier alpha value is -3.64. The second-order valence-electron chi connectivity index (χ2n) is 14.5. The number of carbonyl (C=O) groups is 2. The molecule has 5 heterocycles. The first-order chi connectivity index (χ1) is 25.4. The Balaban J connectivity index is 1.11. The summed E-state index contributed by atoms with van der Waals surface area (Å²) >= 11 is 0. The first-order valence-electron chi connectivity index (χ1n) is 19.6. The maximum atomic E-state index is 13.8. The van der Waals surface area contributed by atoms with Crippen LogP contribution < -0.4 is 5.32 Å². The number of esters is 2. The van der Waals surface area contributed by atoms with E-state index >= 15 is 0 Å². The first-order valence-corrected chi connectivity index (χ1v) is 19.6. The number of pyridine rings is 2. The average molecular weight is 716 g/mol. The molecule has 2 fully saturated rings. The van der Waals surface area contributed by atoms with Gasteiger partial charge < -0.3 is 14.8 Å². The number of aromatic nitrogens is 2. The summed E-state index contributed by atoms with van der Waals surface area (Å²) in [6.07, 6.45) is 15.0. The summed E-state index contributed by atoms with van der Waals surface area (Å²) in [6, 6.07) is 8.20. The van der Waals surface area contributed by atoms with Gasteiger partial charge in [-0.3, -0.25) is 29.6 Å². The molecule has 11 heteroatoms. The molecule has 1 N–H and O–H groups in total. The molecule has 0 bridgehead atoms. The van der Waals surface area contributed by atoms with Gasteiger partial charge in [-0.05, 0) is 43.5 Å². The Morgan fingerprint density at radius 1 is 0.673 bits per heavy atom. The normalized spacial score (nSPS) is 18.4. The Morgan fingerprint density at radius 3 is 1.56 bits per heavy atom. The summed E-state index contributed by atoms with van der Waals surface area (Å²) in [4.78, 5) is 45.6. The van der Waals surface area contributed by atoms with Gasteiger partial charge in [-0.2, -0.15) is 0 Å². The molecule has 0 amide bonds. The van der Waals surface area contributed by atoms with Crippen molar-refractivity contribution in [1.29, 1.82) is 0 Å². The number of hydrogen-bond donors (Lipinski definition) is 1. The zero-order valence-corrected chi connectivity index (χ0v) is 31.9. The van der Waals surface area contributed by atoms with E-state index in [1.807, 2.05) is 38.4 Å². The molecule has 3 aliphatic rings. The average Bonchev–Trinajstić information content (AvgIpc) is 3.15. The van der Waals surface area contributed by atoms with Crippen LogP contribution in [0, 0.1) is 5.92 Å². The fourth-order valence-corrected chi connectivity index (χ4v) is 7.62. The van der Waals surface area contributed by atoms with Crippen molar-refractivity contribution in [1.82, 2.24) is 34.9 Å². The van der Waals surface area contributed by atoms with Crippen LogP contribution in [-0.4, -0.2) is 120 Å². The number of nitrogens with one attached hydrogen (secondary N) is 1. The predicted molar refractivity (Wildman–Crippen MR) is 204 cm³/mol. The zero-order chi connectivity index (χ0) is 36.5. The summed E-state index contributed by atoms with van der Waals surface area (Å²) in [5.74, 6) is -1.02. The fraction of sp³-hybridized carbons (Fsp3) is 0.610. The topological polar surface area (TPSA) is 103 Å². The standard InChI is InChI=1S/C41H61N7O4/c1-4-5-6-7-8-9-14-37-38(40(49)51-27-25-45-17-21-47(22-18-45)31-35-12-10-15-42-29-35)33(2)44-34(3)39(37)41(50)52-28-26-46-19-23-48(24-20-46)32-36-13-11-16-43-30-36/h10-13,15-16,29-30,37,44H,4-9,14,17-28,31-32H2,1-3H3. The number of carbonyl (C=O) groups excluding carboxylic acids is 2. The molecule has 0 atom stereocenters. The summed E-state index contributed by atoms with van der Waals surface area (Å²) in [5, 5.41) is 3.34. The first kappa shape index (κ1) is 39.6. The largest absolute Gasteiger partial charge is 0.461 e. The minimum absolute atomic E-state index is 0.319. The molecule has 0 saturated carbocycles. The molecular formula is C41H61N7O4. The number of allylic oxidation sites excluding steroid dienone is 2. The van der Waals surface area contributed by atoms with Crippen LogP contribution in [0.1, 0.15) is 76.8 Å². The van der Waals surface area contributed by atoms with Crippen molar-refractivity contribution in [2.75, 3.05) is 78.7 Å². The van der Waals surface area contributed by atoms with E-state index in [-0.39, 0.29) is 17.9 Å². The molecule has 11 nitrogen and oxygen atoms in total. The molecule has 52 heavy (non-hydrogen) atoms. The molecule has 5 rings (SSSR count). The van der Waals surface area contributed by atoms with Gasteiger partial charge in [0.1, 0.15) is 13.2 Å². The van der Waals surface area contributed by atoms with Crippen molar-refractivity contribution in [3.63, 3.8) is 0 Å². The summed E-state index contributed by atoms with van der Waals surface area (Å²) in [6.45, 7) is 17.5. The van der Waals surface area contributed by atoms with Gasteiger partial charge in [0.15, 0.2) is 0 Å². The highest BCUT2D eigenvalue weighted by Crippen LogP contribution is 2.35. The molecule has 0 unspecified atom stereocenters. The Kier molecular flexibility index (Phi) is 16.1. The van der Waals surface area contributed by atoms with Crippen LogP contribution in [0.15, 0.2) is 71.6 Å². The van der Waals surface area contributed by atoms with E-state index in [0.29, 0.717) is 37.4 Å². The molecule has 0 radical (unpaired) electrons. The lowest BCUT2D eigenvalue weighted by atomic mass is 9.81. The molecule has 0 aliphatic carbocycles. The third-order valence-electron chi connectivity index (χ3n) is 10.6. The number of rotatable bonds is 19. The molecule has 3 aliphatic heterocycles. The minimum Gasteiger partial charge on any atom is -0.461 e. The minimum atomic E-state index is -0.348. The SMILES string of the molecule is CCCCCCCCC1C(C(=O)OCCN2CCN(Cc3cccnc3)CC2)=C(C)NC(C)=C1C(=O)OCCN1CCN(Cc2cccnc2)CC1. The van der Waals surface area contributed by atoms with Gasteiger partial charge in [0.2, 0.25) is 0 Å². The summed E-state index contributed by atoms with van der Waals surface area (Å²) in [5.41, 5.74) is 5.12. The van der Waals surface area contributed by atoms with Crippen molar-refractivity contribution in [3.05, 3.63) is 82.7 Å². The number of nitrogens with zero attached hydrogens (tertiary/aromatic N) is 6. The highest BCUT2D eigenvalue weighted by atomic mass is 16.5.